The number of ketones is 1. The van der Waals surface area contributed by atoms with Gasteiger partial charge in [0.15, 0.2) is 11.5 Å². The number of amides is 1. The monoisotopic (exact) mass is 544 g/mol. The summed E-state index contributed by atoms with van der Waals surface area (Å²) >= 11 is 0. The number of likely N-dealkylation sites (tertiary alicyclic amines) is 1. The SMILES string of the molecule is CCOc1ccc(/C(O)=C2\C(=O)C(=O)N(Cc3ccc4c(c3)OCO4)C2c2ccc(N(C)C)cc2)c(OCC)c1. The number of rotatable bonds is 9. The molecule has 40 heavy (non-hydrogen) atoms. The molecular formula is C31H32N2O7. The van der Waals surface area contributed by atoms with Gasteiger partial charge in [-0.15, -0.1) is 0 Å². The van der Waals surface area contributed by atoms with Crippen molar-refractivity contribution in [3.05, 3.63) is 82.9 Å². The average molecular weight is 545 g/mol. The Labute approximate surface area is 233 Å². The number of benzene rings is 3. The number of carbonyl (C=O) groups is 2. The van der Waals surface area contributed by atoms with Gasteiger partial charge in [-0.25, -0.2) is 0 Å². The maximum atomic E-state index is 13.6. The van der Waals surface area contributed by atoms with Crippen molar-refractivity contribution in [1.82, 2.24) is 4.90 Å². The van der Waals surface area contributed by atoms with Crippen LogP contribution >= 0.6 is 0 Å². The summed E-state index contributed by atoms with van der Waals surface area (Å²) in [5.41, 5.74) is 2.71. The molecule has 2 aliphatic heterocycles. The number of nitrogens with zero attached hydrogens (tertiary/aromatic N) is 2. The zero-order valence-corrected chi connectivity index (χ0v) is 23.0. The third-order valence-electron chi connectivity index (χ3n) is 6.87. The molecule has 2 heterocycles. The Hall–Kier alpha value is -4.66. The van der Waals surface area contributed by atoms with Crippen molar-refractivity contribution >= 4 is 23.1 Å². The molecule has 0 bridgehead atoms. The number of carbonyl (C=O) groups excluding carboxylic acids is 2. The molecular weight excluding hydrogens is 512 g/mol. The van der Waals surface area contributed by atoms with Crippen LogP contribution in [0.15, 0.2) is 66.2 Å². The minimum Gasteiger partial charge on any atom is -0.507 e. The molecule has 0 radical (unpaired) electrons. The second-order valence-corrected chi connectivity index (χ2v) is 9.62. The highest BCUT2D eigenvalue weighted by Gasteiger charge is 2.46. The Bertz CT molecular complexity index is 1460. The molecule has 0 aromatic heterocycles. The van der Waals surface area contributed by atoms with Gasteiger partial charge in [0.1, 0.15) is 17.3 Å². The predicted octanol–water partition coefficient (Wildman–Crippen LogP) is 4.90. The lowest BCUT2D eigenvalue weighted by Gasteiger charge is -2.26. The van der Waals surface area contributed by atoms with Gasteiger partial charge in [-0.2, -0.15) is 0 Å². The molecule has 3 aromatic carbocycles. The zero-order valence-electron chi connectivity index (χ0n) is 23.0. The lowest BCUT2D eigenvalue weighted by atomic mass is 9.94. The first kappa shape index (κ1) is 26.9. The third-order valence-corrected chi connectivity index (χ3v) is 6.87. The minimum absolute atomic E-state index is 0.00606. The van der Waals surface area contributed by atoms with E-state index in [2.05, 4.69) is 0 Å². The van der Waals surface area contributed by atoms with Crippen molar-refractivity contribution in [3.8, 4) is 23.0 Å². The lowest BCUT2D eigenvalue weighted by molar-refractivity contribution is -0.140. The Morgan fingerprint density at radius 3 is 2.38 bits per heavy atom. The number of fused-ring (bicyclic) bond motifs is 1. The van der Waals surface area contributed by atoms with E-state index in [9.17, 15) is 14.7 Å². The summed E-state index contributed by atoms with van der Waals surface area (Å²) in [4.78, 5) is 30.5. The van der Waals surface area contributed by atoms with E-state index >= 15 is 0 Å². The highest BCUT2D eigenvalue weighted by Crippen LogP contribution is 2.43. The predicted molar refractivity (Wildman–Crippen MR) is 150 cm³/mol. The molecule has 1 amide bonds. The smallest absolute Gasteiger partial charge is 0.295 e. The van der Waals surface area contributed by atoms with Crippen LogP contribution in [-0.4, -0.2) is 55.8 Å². The van der Waals surface area contributed by atoms with E-state index < -0.39 is 17.7 Å². The van der Waals surface area contributed by atoms with E-state index in [1.165, 1.54) is 4.90 Å². The Morgan fingerprint density at radius 1 is 0.950 bits per heavy atom. The van der Waals surface area contributed by atoms with Crippen molar-refractivity contribution in [2.45, 2.75) is 26.4 Å². The second kappa shape index (κ2) is 11.2. The topological polar surface area (TPSA) is 97.8 Å². The zero-order chi connectivity index (χ0) is 28.4. The maximum absolute atomic E-state index is 13.6. The largest absolute Gasteiger partial charge is 0.507 e. The van der Waals surface area contributed by atoms with E-state index in [0.29, 0.717) is 47.3 Å². The number of hydrogen-bond acceptors (Lipinski definition) is 8. The van der Waals surface area contributed by atoms with E-state index in [1.54, 1.807) is 30.3 Å². The van der Waals surface area contributed by atoms with E-state index in [4.69, 9.17) is 18.9 Å². The van der Waals surface area contributed by atoms with Gasteiger partial charge in [0.05, 0.1) is 30.4 Å². The van der Waals surface area contributed by atoms with Crippen LogP contribution in [-0.2, 0) is 16.1 Å². The number of aliphatic hydroxyl groups is 1. The molecule has 1 N–H and O–H groups in total. The number of ether oxygens (including phenoxy) is 4. The fourth-order valence-corrected chi connectivity index (χ4v) is 4.96. The van der Waals surface area contributed by atoms with E-state index in [0.717, 1.165) is 11.3 Å². The molecule has 5 rings (SSSR count). The first-order valence-corrected chi connectivity index (χ1v) is 13.2. The molecule has 1 atom stereocenters. The highest BCUT2D eigenvalue weighted by atomic mass is 16.7. The van der Waals surface area contributed by atoms with Crippen LogP contribution in [0.4, 0.5) is 5.69 Å². The normalized spacial score (nSPS) is 17.3. The van der Waals surface area contributed by atoms with E-state index in [-0.39, 0.29) is 24.7 Å². The van der Waals surface area contributed by atoms with Crippen molar-refractivity contribution < 1.29 is 33.6 Å². The number of hydrogen-bond donors (Lipinski definition) is 1. The lowest BCUT2D eigenvalue weighted by Crippen LogP contribution is -2.29. The summed E-state index contributed by atoms with van der Waals surface area (Å²) in [7, 11) is 3.86. The van der Waals surface area contributed by atoms with Gasteiger partial charge >= 0.3 is 0 Å². The van der Waals surface area contributed by atoms with Crippen LogP contribution < -0.4 is 23.8 Å². The maximum Gasteiger partial charge on any atom is 0.295 e. The van der Waals surface area contributed by atoms with Crippen molar-refractivity contribution in [1.29, 1.82) is 0 Å². The molecule has 9 heteroatoms. The third kappa shape index (κ3) is 5.02. The van der Waals surface area contributed by atoms with Crippen molar-refractivity contribution in [2.75, 3.05) is 39.0 Å². The van der Waals surface area contributed by atoms with Crippen LogP contribution in [0.25, 0.3) is 5.76 Å². The quantitative estimate of drug-likeness (QED) is 0.231. The summed E-state index contributed by atoms with van der Waals surface area (Å²) < 4.78 is 22.3. The Morgan fingerprint density at radius 2 is 1.68 bits per heavy atom. The summed E-state index contributed by atoms with van der Waals surface area (Å²) in [6.07, 6.45) is 0. The number of aliphatic hydroxyl groups excluding tert-OH is 1. The molecule has 2 aliphatic rings. The number of Topliss-reactive ketones (excluding diaryl/α,β-unsaturated/α-hetero) is 1. The van der Waals surface area contributed by atoms with Crippen LogP contribution in [0.3, 0.4) is 0 Å². The fraction of sp³-hybridized carbons (Fsp3) is 0.290. The molecule has 9 nitrogen and oxygen atoms in total. The van der Waals surface area contributed by atoms with Gasteiger partial charge in [-0.05, 0) is 61.4 Å². The molecule has 208 valence electrons. The van der Waals surface area contributed by atoms with Gasteiger partial charge < -0.3 is 33.9 Å². The standard InChI is InChI=1S/C31H32N2O7/c1-5-37-22-12-13-23(25(16-22)38-6-2)29(34)27-28(20-8-10-21(11-9-20)32(3)4)33(31(36)30(27)35)17-19-7-14-24-26(15-19)40-18-39-24/h7-16,28,34H,5-6,17-18H2,1-4H3/b29-27+. The molecule has 3 aromatic rings. The summed E-state index contributed by atoms with van der Waals surface area (Å²) in [5, 5.41) is 11.6. The first-order valence-electron chi connectivity index (χ1n) is 13.2. The molecule has 1 unspecified atom stereocenters. The Balaban J connectivity index is 1.63. The first-order chi connectivity index (χ1) is 19.3. The van der Waals surface area contributed by atoms with E-state index in [1.807, 2.05) is 63.2 Å². The van der Waals surface area contributed by atoms with Crippen molar-refractivity contribution in [2.24, 2.45) is 0 Å². The van der Waals surface area contributed by atoms with Crippen LogP contribution in [0, 0.1) is 0 Å². The average Bonchev–Trinajstić information content (AvgIpc) is 3.51. The van der Waals surface area contributed by atoms with Crippen molar-refractivity contribution in [3.63, 3.8) is 0 Å². The molecule has 1 fully saturated rings. The van der Waals surface area contributed by atoms with Crippen LogP contribution in [0.1, 0.15) is 36.6 Å². The van der Waals surface area contributed by atoms with Gasteiger partial charge in [-0.3, -0.25) is 9.59 Å². The van der Waals surface area contributed by atoms with Crippen LogP contribution in [0.2, 0.25) is 0 Å². The fourth-order valence-electron chi connectivity index (χ4n) is 4.96. The Kier molecular flexibility index (Phi) is 7.55. The summed E-state index contributed by atoms with van der Waals surface area (Å²) in [6.45, 7) is 4.76. The van der Waals surface area contributed by atoms with Gasteiger partial charge in [0.25, 0.3) is 11.7 Å². The summed E-state index contributed by atoms with van der Waals surface area (Å²) in [5.74, 6) is 0.356. The number of anilines is 1. The van der Waals surface area contributed by atoms with Crippen LogP contribution in [0.5, 0.6) is 23.0 Å². The molecule has 0 saturated carbocycles. The molecule has 1 saturated heterocycles. The molecule has 0 aliphatic carbocycles. The summed E-state index contributed by atoms with van der Waals surface area (Å²) in [6, 6.07) is 17.2. The minimum atomic E-state index is -0.831. The second-order valence-electron chi connectivity index (χ2n) is 9.62. The van der Waals surface area contributed by atoms with Gasteiger partial charge in [0, 0.05) is 32.4 Å². The van der Waals surface area contributed by atoms with Gasteiger partial charge in [0.2, 0.25) is 6.79 Å². The highest BCUT2D eigenvalue weighted by molar-refractivity contribution is 6.46. The van der Waals surface area contributed by atoms with Gasteiger partial charge in [-0.1, -0.05) is 18.2 Å². The molecule has 0 spiro atoms.